The highest BCUT2D eigenvalue weighted by Crippen LogP contribution is 2.15. The lowest BCUT2D eigenvalue weighted by atomic mass is 10.0. The van der Waals surface area contributed by atoms with Gasteiger partial charge in [-0.1, -0.05) is 11.2 Å². The lowest BCUT2D eigenvalue weighted by Gasteiger charge is -2.21. The zero-order valence-corrected chi connectivity index (χ0v) is 13.6. The number of hydrazine groups is 1. The van der Waals surface area contributed by atoms with Crippen LogP contribution < -0.4 is 10.9 Å². The molecule has 1 aliphatic rings. The Morgan fingerprint density at radius 2 is 2.38 bits per heavy atom. The summed E-state index contributed by atoms with van der Waals surface area (Å²) in [6, 6.07) is 5.18. The first-order valence-corrected chi connectivity index (χ1v) is 7.66. The number of nitrogens with zero attached hydrogens (tertiary/aromatic N) is 4. The maximum Gasteiger partial charge on any atom is 0.324 e. The molecule has 1 saturated heterocycles. The van der Waals surface area contributed by atoms with Crippen LogP contribution in [0.4, 0.5) is 0 Å². The fourth-order valence-electron chi connectivity index (χ4n) is 2.70. The van der Waals surface area contributed by atoms with Crippen molar-refractivity contribution in [2.45, 2.75) is 12.6 Å². The zero-order chi connectivity index (χ0) is 16.9. The van der Waals surface area contributed by atoms with Gasteiger partial charge in [0, 0.05) is 25.2 Å². The average molecular weight is 332 g/mol. The molecule has 0 aliphatic carbocycles. The molecule has 1 aliphatic heterocycles. The number of hydrogen-bond acceptors (Lipinski definition) is 9. The fraction of sp³-hybridized carbons (Fsp3) is 0.467. The summed E-state index contributed by atoms with van der Waals surface area (Å²) in [5, 5.41) is 3.95. The molecule has 3 rings (SSSR count). The maximum absolute atomic E-state index is 11.7. The summed E-state index contributed by atoms with van der Waals surface area (Å²) < 4.78 is 10.1. The van der Waals surface area contributed by atoms with Gasteiger partial charge in [0.15, 0.2) is 0 Å². The summed E-state index contributed by atoms with van der Waals surface area (Å²) >= 11 is 0. The van der Waals surface area contributed by atoms with Crippen LogP contribution in [0.3, 0.4) is 0 Å². The van der Waals surface area contributed by atoms with Gasteiger partial charge in [0.05, 0.1) is 13.7 Å². The highest BCUT2D eigenvalue weighted by atomic mass is 16.5. The van der Waals surface area contributed by atoms with Crippen LogP contribution in [0.5, 0.6) is 0 Å². The van der Waals surface area contributed by atoms with Crippen molar-refractivity contribution in [3.8, 4) is 11.5 Å². The Hall–Kier alpha value is -2.36. The van der Waals surface area contributed by atoms with E-state index in [4.69, 9.17) is 9.26 Å². The predicted molar refractivity (Wildman–Crippen MR) is 84.3 cm³/mol. The quantitative estimate of drug-likeness (QED) is 0.697. The summed E-state index contributed by atoms with van der Waals surface area (Å²) in [7, 11) is 3.33. The number of carbonyl (C=O) groups excluding carboxylic acids is 1. The molecule has 0 bridgehead atoms. The smallest absolute Gasteiger partial charge is 0.324 e. The van der Waals surface area contributed by atoms with Gasteiger partial charge in [0.1, 0.15) is 11.7 Å². The Kier molecular flexibility index (Phi) is 5.14. The molecule has 0 amide bonds. The molecule has 128 valence electrons. The van der Waals surface area contributed by atoms with Crippen LogP contribution in [0.1, 0.15) is 5.89 Å². The molecule has 2 unspecified atom stereocenters. The van der Waals surface area contributed by atoms with Gasteiger partial charge in [-0.05, 0) is 19.2 Å². The van der Waals surface area contributed by atoms with Gasteiger partial charge >= 0.3 is 5.97 Å². The van der Waals surface area contributed by atoms with Crippen molar-refractivity contribution < 1.29 is 14.1 Å². The Labute approximate surface area is 139 Å². The SMILES string of the molecule is COC(=O)C1NNCC1CN(C)Cc1nc(-c2ccccn2)no1. The van der Waals surface area contributed by atoms with E-state index >= 15 is 0 Å². The molecule has 1 fully saturated rings. The Balaban J connectivity index is 1.58. The molecule has 2 aromatic rings. The molecule has 24 heavy (non-hydrogen) atoms. The first-order chi connectivity index (χ1) is 11.7. The van der Waals surface area contributed by atoms with E-state index in [-0.39, 0.29) is 17.9 Å². The van der Waals surface area contributed by atoms with Crippen LogP contribution in [0.15, 0.2) is 28.9 Å². The van der Waals surface area contributed by atoms with E-state index in [1.165, 1.54) is 7.11 Å². The van der Waals surface area contributed by atoms with E-state index in [1.54, 1.807) is 6.20 Å². The molecule has 9 nitrogen and oxygen atoms in total. The van der Waals surface area contributed by atoms with Crippen molar-refractivity contribution >= 4 is 5.97 Å². The van der Waals surface area contributed by atoms with Crippen molar-refractivity contribution in [3.63, 3.8) is 0 Å². The topological polar surface area (TPSA) is 105 Å². The van der Waals surface area contributed by atoms with Gasteiger partial charge in [-0.3, -0.25) is 20.1 Å². The van der Waals surface area contributed by atoms with Crippen molar-refractivity contribution in [2.75, 3.05) is 27.2 Å². The van der Waals surface area contributed by atoms with Crippen LogP contribution in [0.25, 0.3) is 11.5 Å². The summed E-state index contributed by atoms with van der Waals surface area (Å²) in [6.45, 7) is 1.86. The van der Waals surface area contributed by atoms with E-state index in [2.05, 4.69) is 26.0 Å². The van der Waals surface area contributed by atoms with Crippen molar-refractivity contribution in [1.82, 2.24) is 30.9 Å². The third kappa shape index (κ3) is 3.75. The largest absolute Gasteiger partial charge is 0.468 e. The summed E-state index contributed by atoms with van der Waals surface area (Å²) in [6.07, 6.45) is 1.69. The maximum atomic E-state index is 11.7. The number of pyridine rings is 1. The second-order valence-corrected chi connectivity index (χ2v) is 5.71. The summed E-state index contributed by atoms with van der Waals surface area (Å²) in [5.41, 5.74) is 6.61. The minimum Gasteiger partial charge on any atom is -0.468 e. The number of rotatable bonds is 6. The first kappa shape index (κ1) is 16.5. The molecule has 2 N–H and O–H groups in total. The minimum absolute atomic E-state index is 0.0978. The highest BCUT2D eigenvalue weighted by molar-refractivity contribution is 5.76. The van der Waals surface area contributed by atoms with Gasteiger partial charge in [-0.25, -0.2) is 5.43 Å². The number of aromatic nitrogens is 3. The predicted octanol–water partition coefficient (Wildman–Crippen LogP) is -0.171. The molecule has 0 aromatic carbocycles. The van der Waals surface area contributed by atoms with Crippen molar-refractivity contribution in [1.29, 1.82) is 0 Å². The third-order valence-corrected chi connectivity index (χ3v) is 3.86. The van der Waals surface area contributed by atoms with Crippen LogP contribution in [-0.2, 0) is 16.1 Å². The van der Waals surface area contributed by atoms with E-state index in [0.717, 1.165) is 0 Å². The molecule has 2 aromatic heterocycles. The lowest BCUT2D eigenvalue weighted by Crippen LogP contribution is -2.42. The molecule has 0 saturated carbocycles. The molecule has 9 heteroatoms. The lowest BCUT2D eigenvalue weighted by molar-refractivity contribution is -0.143. The third-order valence-electron chi connectivity index (χ3n) is 3.86. The molecular formula is C15H20N6O3. The molecule has 3 heterocycles. The standard InChI is InChI=1S/C15H20N6O3/c1-21(8-10-7-17-19-13(10)15(22)23-2)9-12-18-14(20-24-12)11-5-3-4-6-16-11/h3-6,10,13,17,19H,7-9H2,1-2H3. The number of nitrogens with one attached hydrogen (secondary N) is 2. The number of carbonyl (C=O) groups is 1. The Morgan fingerprint density at radius 1 is 1.50 bits per heavy atom. The summed E-state index contributed by atoms with van der Waals surface area (Å²) in [5.74, 6) is 0.802. The van der Waals surface area contributed by atoms with E-state index in [1.807, 2.05) is 30.1 Å². The molecule has 0 radical (unpaired) electrons. The number of ether oxygens (including phenoxy) is 1. The normalized spacial score (nSPS) is 20.5. The molecular weight excluding hydrogens is 312 g/mol. The number of hydrogen-bond donors (Lipinski definition) is 2. The number of esters is 1. The van der Waals surface area contributed by atoms with Gasteiger partial charge in [0.2, 0.25) is 11.7 Å². The Morgan fingerprint density at radius 3 is 3.12 bits per heavy atom. The highest BCUT2D eigenvalue weighted by Gasteiger charge is 2.34. The number of methoxy groups -OCH3 is 1. The van der Waals surface area contributed by atoms with Crippen LogP contribution in [0, 0.1) is 5.92 Å². The second kappa shape index (κ2) is 7.47. The van der Waals surface area contributed by atoms with Crippen molar-refractivity contribution in [3.05, 3.63) is 30.3 Å². The monoisotopic (exact) mass is 332 g/mol. The van der Waals surface area contributed by atoms with Crippen LogP contribution >= 0.6 is 0 Å². The van der Waals surface area contributed by atoms with E-state index < -0.39 is 0 Å². The molecule has 0 spiro atoms. The second-order valence-electron chi connectivity index (χ2n) is 5.71. The minimum atomic E-state index is -0.357. The van der Waals surface area contributed by atoms with Crippen LogP contribution in [0.2, 0.25) is 0 Å². The van der Waals surface area contributed by atoms with Gasteiger partial charge in [-0.2, -0.15) is 4.98 Å². The zero-order valence-electron chi connectivity index (χ0n) is 13.6. The summed E-state index contributed by atoms with van der Waals surface area (Å²) in [4.78, 5) is 22.3. The van der Waals surface area contributed by atoms with Crippen molar-refractivity contribution in [2.24, 2.45) is 5.92 Å². The first-order valence-electron chi connectivity index (χ1n) is 7.66. The van der Waals surface area contributed by atoms with Gasteiger partial charge in [-0.15, -0.1) is 0 Å². The van der Waals surface area contributed by atoms with Gasteiger partial charge < -0.3 is 9.26 Å². The van der Waals surface area contributed by atoms with E-state index in [9.17, 15) is 4.79 Å². The fourth-order valence-corrected chi connectivity index (χ4v) is 2.70. The Bertz CT molecular complexity index is 677. The average Bonchev–Trinajstić information content (AvgIpc) is 3.24. The van der Waals surface area contributed by atoms with Gasteiger partial charge in [0.25, 0.3) is 0 Å². The van der Waals surface area contributed by atoms with Crippen LogP contribution in [-0.4, -0.2) is 59.3 Å². The molecule has 2 atom stereocenters. The van der Waals surface area contributed by atoms with E-state index in [0.29, 0.717) is 37.0 Å².